The van der Waals surface area contributed by atoms with Gasteiger partial charge in [-0.15, -0.1) is 0 Å². The second-order valence-electron chi connectivity index (χ2n) is 2.85. The molecule has 2 nitrogen and oxygen atoms in total. The molecule has 2 heteroatoms. The molecular weight excluding hydrogens is 112 g/mol. The molecular formula is C7H12N2. The number of hydrogen-bond acceptors (Lipinski definition) is 2. The second-order valence-corrected chi connectivity index (χ2v) is 2.85. The third-order valence-corrected chi connectivity index (χ3v) is 2.36. The third-order valence-electron chi connectivity index (χ3n) is 2.36. The topological polar surface area (TPSA) is 15.3 Å². The van der Waals surface area contributed by atoms with Crippen molar-refractivity contribution in [3.8, 4) is 0 Å². The molecule has 0 aromatic rings. The third kappa shape index (κ3) is 0.622. The molecule has 2 bridgehead atoms. The van der Waals surface area contributed by atoms with Crippen LogP contribution in [0.15, 0.2) is 11.9 Å². The molecule has 50 valence electrons. The first kappa shape index (κ1) is 5.15. The highest BCUT2D eigenvalue weighted by molar-refractivity contribution is 5.11. The van der Waals surface area contributed by atoms with Crippen LogP contribution in [-0.2, 0) is 0 Å². The Balaban J connectivity index is 2.27. The quantitative estimate of drug-likeness (QED) is 0.506. The van der Waals surface area contributed by atoms with Gasteiger partial charge < -0.3 is 10.2 Å². The summed E-state index contributed by atoms with van der Waals surface area (Å²) in [6.07, 6.45) is 4.76. The highest BCUT2D eigenvalue weighted by atomic mass is 15.2. The van der Waals surface area contributed by atoms with E-state index in [1.54, 1.807) is 0 Å². The Hall–Kier alpha value is -0.660. The molecule has 2 heterocycles. The lowest BCUT2D eigenvalue weighted by Gasteiger charge is -2.27. The van der Waals surface area contributed by atoms with Gasteiger partial charge in [0.05, 0.1) is 0 Å². The predicted molar refractivity (Wildman–Crippen MR) is 36.9 cm³/mol. The molecule has 0 aromatic heterocycles. The number of nitrogens with one attached hydrogen (secondary N) is 1. The Kier molecular flexibility index (Phi) is 0.949. The molecule has 0 aliphatic carbocycles. The van der Waals surface area contributed by atoms with Crippen LogP contribution in [0.3, 0.4) is 0 Å². The van der Waals surface area contributed by atoms with Crippen molar-refractivity contribution in [1.82, 2.24) is 10.2 Å². The lowest BCUT2D eigenvalue weighted by atomic mass is 10.2. The molecule has 1 atom stereocenters. The van der Waals surface area contributed by atoms with E-state index in [2.05, 4.69) is 23.5 Å². The number of rotatable bonds is 0. The van der Waals surface area contributed by atoms with Gasteiger partial charge in [-0.25, -0.2) is 0 Å². The molecule has 2 aliphatic rings. The molecule has 1 unspecified atom stereocenters. The number of allylic oxidation sites excluding steroid dienone is 1. The highest BCUT2D eigenvalue weighted by Gasteiger charge is 2.26. The van der Waals surface area contributed by atoms with E-state index in [-0.39, 0.29) is 0 Å². The Morgan fingerprint density at radius 1 is 1.78 bits per heavy atom. The average Bonchev–Trinajstić information content (AvgIpc) is 2.19. The van der Waals surface area contributed by atoms with Gasteiger partial charge in [0.15, 0.2) is 0 Å². The molecule has 1 fully saturated rings. The summed E-state index contributed by atoms with van der Waals surface area (Å²) in [5.74, 6) is 0. The van der Waals surface area contributed by atoms with E-state index in [1.165, 1.54) is 18.5 Å². The number of nitrogens with zero attached hydrogens (tertiary/aromatic N) is 1. The molecule has 1 N–H and O–H groups in total. The van der Waals surface area contributed by atoms with Crippen molar-refractivity contribution < 1.29 is 0 Å². The van der Waals surface area contributed by atoms with Gasteiger partial charge in [0.2, 0.25) is 0 Å². The minimum absolute atomic E-state index is 0.782. The van der Waals surface area contributed by atoms with Crippen LogP contribution < -0.4 is 5.32 Å². The summed E-state index contributed by atoms with van der Waals surface area (Å²) in [5, 5.41) is 3.27. The summed E-state index contributed by atoms with van der Waals surface area (Å²) in [5.41, 5.74) is 1.48. The fourth-order valence-electron chi connectivity index (χ4n) is 1.64. The van der Waals surface area contributed by atoms with Gasteiger partial charge in [0, 0.05) is 31.5 Å². The van der Waals surface area contributed by atoms with Gasteiger partial charge in [0.1, 0.15) is 0 Å². The van der Waals surface area contributed by atoms with E-state index in [9.17, 15) is 0 Å². The van der Waals surface area contributed by atoms with Gasteiger partial charge in [0.25, 0.3) is 0 Å². The maximum atomic E-state index is 3.27. The van der Waals surface area contributed by atoms with Crippen molar-refractivity contribution in [2.45, 2.75) is 18.9 Å². The van der Waals surface area contributed by atoms with Crippen LogP contribution in [0.2, 0.25) is 0 Å². The van der Waals surface area contributed by atoms with Crippen molar-refractivity contribution in [1.29, 1.82) is 0 Å². The number of hydrogen-bond donors (Lipinski definition) is 1. The monoisotopic (exact) mass is 124 g/mol. The maximum Gasteiger partial charge on any atom is 0.0460 e. The van der Waals surface area contributed by atoms with Gasteiger partial charge in [-0.05, 0) is 12.8 Å². The van der Waals surface area contributed by atoms with Crippen LogP contribution in [-0.4, -0.2) is 24.5 Å². The lowest BCUT2D eigenvalue weighted by Crippen LogP contribution is -2.37. The van der Waals surface area contributed by atoms with Crippen molar-refractivity contribution in [3.05, 3.63) is 11.9 Å². The first-order valence-corrected chi connectivity index (χ1v) is 3.53. The van der Waals surface area contributed by atoms with Gasteiger partial charge >= 0.3 is 0 Å². The van der Waals surface area contributed by atoms with Crippen LogP contribution in [0, 0.1) is 0 Å². The van der Waals surface area contributed by atoms with Gasteiger partial charge in [-0.1, -0.05) is 0 Å². The molecule has 1 saturated heterocycles. The summed E-state index contributed by atoms with van der Waals surface area (Å²) in [4.78, 5) is 2.39. The van der Waals surface area contributed by atoms with E-state index in [0.717, 1.165) is 12.6 Å². The van der Waals surface area contributed by atoms with Crippen LogP contribution in [0.4, 0.5) is 0 Å². The number of fused-ring (bicyclic) bond motifs is 2. The fourth-order valence-corrected chi connectivity index (χ4v) is 1.64. The van der Waals surface area contributed by atoms with E-state index in [0.29, 0.717) is 0 Å². The van der Waals surface area contributed by atoms with Crippen LogP contribution >= 0.6 is 0 Å². The Bertz CT molecular complexity index is 149. The molecule has 9 heavy (non-hydrogen) atoms. The largest absolute Gasteiger partial charge is 0.387 e. The molecule has 0 saturated carbocycles. The van der Waals surface area contributed by atoms with Crippen molar-refractivity contribution in [3.63, 3.8) is 0 Å². The molecule has 0 amide bonds. The zero-order chi connectivity index (χ0) is 6.27. The first-order valence-electron chi connectivity index (χ1n) is 3.53. The van der Waals surface area contributed by atoms with E-state index >= 15 is 0 Å². The lowest BCUT2D eigenvalue weighted by molar-refractivity contribution is 0.328. The first-order chi connectivity index (χ1) is 4.38. The maximum absolute atomic E-state index is 3.27. The van der Waals surface area contributed by atoms with E-state index in [4.69, 9.17) is 0 Å². The zero-order valence-electron chi connectivity index (χ0n) is 5.72. The predicted octanol–water partition coefficient (Wildman–Crippen LogP) is 0.525. The van der Waals surface area contributed by atoms with Crippen LogP contribution in [0.5, 0.6) is 0 Å². The number of likely N-dealkylation sites (N-methyl/N-ethyl adjacent to an activating group) is 1. The zero-order valence-corrected chi connectivity index (χ0v) is 5.72. The highest BCUT2D eigenvalue weighted by Crippen LogP contribution is 2.26. The summed E-state index contributed by atoms with van der Waals surface area (Å²) in [6, 6.07) is 0.782. The SMILES string of the molecule is CN1C2=CNCC1CC2. The van der Waals surface area contributed by atoms with Crippen molar-refractivity contribution in [2.24, 2.45) is 0 Å². The summed E-state index contributed by atoms with van der Waals surface area (Å²) < 4.78 is 0. The van der Waals surface area contributed by atoms with Crippen LogP contribution in [0.25, 0.3) is 0 Å². The standard InChI is InChI=1S/C7H12N2/c1-9-6-2-3-7(9)5-8-4-6/h4,7-8H,2-3,5H2,1H3. The Labute approximate surface area is 55.5 Å². The summed E-state index contributed by atoms with van der Waals surface area (Å²) >= 11 is 0. The summed E-state index contributed by atoms with van der Waals surface area (Å²) in [6.45, 7) is 1.14. The van der Waals surface area contributed by atoms with E-state index < -0.39 is 0 Å². The van der Waals surface area contributed by atoms with E-state index in [1.807, 2.05) is 0 Å². The molecule has 2 aliphatic heterocycles. The smallest absolute Gasteiger partial charge is 0.0460 e. The molecule has 2 rings (SSSR count). The minimum Gasteiger partial charge on any atom is -0.387 e. The molecule has 0 aromatic carbocycles. The van der Waals surface area contributed by atoms with Gasteiger partial charge in [-0.3, -0.25) is 0 Å². The Morgan fingerprint density at radius 2 is 2.67 bits per heavy atom. The van der Waals surface area contributed by atoms with Crippen LogP contribution in [0.1, 0.15) is 12.8 Å². The van der Waals surface area contributed by atoms with Crippen molar-refractivity contribution in [2.75, 3.05) is 13.6 Å². The average molecular weight is 124 g/mol. The fraction of sp³-hybridized carbons (Fsp3) is 0.714. The molecule has 0 radical (unpaired) electrons. The summed E-state index contributed by atoms with van der Waals surface area (Å²) in [7, 11) is 2.18. The normalized spacial score (nSPS) is 31.9. The second kappa shape index (κ2) is 1.66. The van der Waals surface area contributed by atoms with Crippen molar-refractivity contribution >= 4 is 0 Å². The Morgan fingerprint density at radius 3 is 3.33 bits per heavy atom. The molecule has 0 spiro atoms. The van der Waals surface area contributed by atoms with Gasteiger partial charge in [-0.2, -0.15) is 0 Å². The minimum atomic E-state index is 0.782.